The third kappa shape index (κ3) is 5.44. The molecule has 0 saturated heterocycles. The van der Waals surface area contributed by atoms with Crippen molar-refractivity contribution in [2.75, 3.05) is 0 Å². The highest BCUT2D eigenvalue weighted by Gasteiger charge is 2.33. The van der Waals surface area contributed by atoms with E-state index in [1.165, 1.54) is 12.1 Å². The summed E-state index contributed by atoms with van der Waals surface area (Å²) in [4.78, 5) is 18.8. The van der Waals surface area contributed by atoms with E-state index in [-0.39, 0.29) is 31.3 Å². The Balaban J connectivity index is 1.37. The maximum absolute atomic E-state index is 12.8. The molecule has 0 aliphatic heterocycles. The zero-order valence-corrected chi connectivity index (χ0v) is 17.2. The van der Waals surface area contributed by atoms with E-state index in [2.05, 4.69) is 10.1 Å². The van der Waals surface area contributed by atoms with Crippen molar-refractivity contribution in [2.24, 2.45) is 0 Å². The fourth-order valence-electron chi connectivity index (χ4n) is 3.23. The summed E-state index contributed by atoms with van der Waals surface area (Å²) in [7, 11) is 0. The molecule has 3 aromatic rings. The van der Waals surface area contributed by atoms with Crippen LogP contribution in [-0.2, 0) is 23.9 Å². The highest BCUT2D eigenvalue weighted by molar-refractivity contribution is 6.30. The highest BCUT2D eigenvalue weighted by Crippen LogP contribution is 2.31. The lowest BCUT2D eigenvalue weighted by atomic mass is 10.1. The molecule has 1 aliphatic carbocycles. The van der Waals surface area contributed by atoms with Crippen molar-refractivity contribution in [3.8, 4) is 11.4 Å². The van der Waals surface area contributed by atoms with Crippen molar-refractivity contribution >= 4 is 17.5 Å². The highest BCUT2D eigenvalue weighted by atomic mass is 35.5. The van der Waals surface area contributed by atoms with E-state index in [1.54, 1.807) is 29.2 Å². The normalized spacial score (nSPS) is 13.9. The molecule has 0 atom stereocenters. The smallest absolute Gasteiger partial charge is 0.339 e. The maximum Gasteiger partial charge on any atom is 0.416 e. The Morgan fingerprint density at radius 3 is 2.39 bits per heavy atom. The molecule has 1 saturated carbocycles. The lowest BCUT2D eigenvalue weighted by molar-refractivity contribution is -0.137. The second-order valence-electron chi connectivity index (χ2n) is 7.47. The van der Waals surface area contributed by atoms with Crippen molar-refractivity contribution in [1.82, 2.24) is 15.0 Å². The molecule has 1 heterocycles. The molecule has 1 aromatic heterocycles. The van der Waals surface area contributed by atoms with Gasteiger partial charge in [0, 0.05) is 36.0 Å². The maximum atomic E-state index is 12.8. The quantitative estimate of drug-likeness (QED) is 0.475. The number of amides is 1. The third-order valence-corrected chi connectivity index (χ3v) is 5.32. The largest absolute Gasteiger partial charge is 0.416 e. The number of benzene rings is 2. The van der Waals surface area contributed by atoms with Crippen LogP contribution in [0.25, 0.3) is 11.4 Å². The first kappa shape index (κ1) is 21.4. The van der Waals surface area contributed by atoms with Gasteiger partial charge in [-0.05, 0) is 54.8 Å². The van der Waals surface area contributed by atoms with Crippen LogP contribution in [0.15, 0.2) is 53.1 Å². The molecular formula is C22H19ClF3N3O2. The van der Waals surface area contributed by atoms with Crippen LogP contribution >= 0.6 is 11.6 Å². The summed E-state index contributed by atoms with van der Waals surface area (Å²) < 4.78 is 43.5. The molecule has 31 heavy (non-hydrogen) atoms. The predicted molar refractivity (Wildman–Crippen MR) is 108 cm³/mol. The van der Waals surface area contributed by atoms with Gasteiger partial charge in [0.2, 0.25) is 17.6 Å². The summed E-state index contributed by atoms with van der Waals surface area (Å²) >= 11 is 5.88. The summed E-state index contributed by atoms with van der Waals surface area (Å²) in [5, 5.41) is 4.54. The first-order valence-electron chi connectivity index (χ1n) is 9.84. The SMILES string of the molecule is O=C(CCc1nc(-c2ccc(Cl)cc2)no1)N(Cc1ccc(C(F)(F)F)cc1)C1CC1. The minimum atomic E-state index is -4.38. The van der Waals surface area contributed by atoms with Crippen molar-refractivity contribution in [3.05, 3.63) is 70.6 Å². The number of carbonyl (C=O) groups excluding carboxylic acids is 1. The number of hydrogen-bond donors (Lipinski definition) is 0. The summed E-state index contributed by atoms with van der Waals surface area (Å²) in [5.74, 6) is 0.681. The van der Waals surface area contributed by atoms with Gasteiger partial charge in [-0.25, -0.2) is 0 Å². The average molecular weight is 450 g/mol. The lowest BCUT2D eigenvalue weighted by Crippen LogP contribution is -2.32. The zero-order chi connectivity index (χ0) is 22.0. The number of alkyl halides is 3. The Labute approximate surface area is 181 Å². The molecule has 2 aromatic carbocycles. The van der Waals surface area contributed by atoms with Gasteiger partial charge in [-0.15, -0.1) is 0 Å². The second-order valence-corrected chi connectivity index (χ2v) is 7.90. The van der Waals surface area contributed by atoms with Gasteiger partial charge in [0.1, 0.15) is 0 Å². The Hall–Kier alpha value is -2.87. The topological polar surface area (TPSA) is 59.2 Å². The van der Waals surface area contributed by atoms with Crippen LogP contribution in [-0.4, -0.2) is 27.0 Å². The van der Waals surface area contributed by atoms with Gasteiger partial charge in [-0.1, -0.05) is 28.9 Å². The van der Waals surface area contributed by atoms with E-state index in [0.29, 0.717) is 22.3 Å². The molecule has 0 bridgehead atoms. The van der Waals surface area contributed by atoms with Gasteiger partial charge < -0.3 is 9.42 Å². The van der Waals surface area contributed by atoms with Gasteiger partial charge >= 0.3 is 6.18 Å². The van der Waals surface area contributed by atoms with Crippen LogP contribution < -0.4 is 0 Å². The van der Waals surface area contributed by atoms with E-state index in [1.807, 2.05) is 0 Å². The lowest BCUT2D eigenvalue weighted by Gasteiger charge is -2.22. The Morgan fingerprint density at radius 2 is 1.77 bits per heavy atom. The number of aryl methyl sites for hydroxylation is 1. The van der Waals surface area contributed by atoms with Crippen molar-refractivity contribution < 1.29 is 22.5 Å². The molecule has 4 rings (SSSR count). The molecule has 9 heteroatoms. The monoisotopic (exact) mass is 449 g/mol. The van der Waals surface area contributed by atoms with E-state index < -0.39 is 11.7 Å². The molecule has 0 N–H and O–H groups in total. The van der Waals surface area contributed by atoms with Crippen LogP contribution in [0.2, 0.25) is 5.02 Å². The first-order valence-corrected chi connectivity index (χ1v) is 10.2. The second kappa shape index (κ2) is 8.70. The average Bonchev–Trinajstić information content (AvgIpc) is 3.47. The van der Waals surface area contributed by atoms with Crippen LogP contribution in [0.1, 0.15) is 36.3 Å². The summed E-state index contributed by atoms with van der Waals surface area (Å²) in [5.41, 5.74) is 0.720. The van der Waals surface area contributed by atoms with E-state index >= 15 is 0 Å². The summed E-state index contributed by atoms with van der Waals surface area (Å²) in [6, 6.07) is 12.1. The molecular weight excluding hydrogens is 431 g/mol. The van der Waals surface area contributed by atoms with Crippen molar-refractivity contribution in [1.29, 1.82) is 0 Å². The number of nitrogens with zero attached hydrogens (tertiary/aromatic N) is 3. The molecule has 0 spiro atoms. The van der Waals surface area contributed by atoms with Crippen molar-refractivity contribution in [3.63, 3.8) is 0 Å². The molecule has 0 unspecified atom stereocenters. The molecule has 0 radical (unpaired) electrons. The molecule has 1 amide bonds. The third-order valence-electron chi connectivity index (χ3n) is 5.07. The summed E-state index contributed by atoms with van der Waals surface area (Å²) in [6.45, 7) is 0.279. The van der Waals surface area contributed by atoms with E-state index in [0.717, 1.165) is 30.5 Å². The molecule has 1 aliphatic rings. The fourth-order valence-corrected chi connectivity index (χ4v) is 3.36. The Morgan fingerprint density at radius 1 is 1.10 bits per heavy atom. The Bertz CT molecular complexity index is 1050. The minimum absolute atomic E-state index is 0.0892. The minimum Gasteiger partial charge on any atom is -0.339 e. The van der Waals surface area contributed by atoms with E-state index in [4.69, 9.17) is 16.1 Å². The predicted octanol–water partition coefficient (Wildman–Crippen LogP) is 5.53. The number of aromatic nitrogens is 2. The molecule has 1 fully saturated rings. The Kier molecular flexibility index (Phi) is 6.00. The van der Waals surface area contributed by atoms with Gasteiger partial charge in [0.05, 0.1) is 5.56 Å². The number of hydrogen-bond acceptors (Lipinski definition) is 4. The molecule has 5 nitrogen and oxygen atoms in total. The zero-order valence-electron chi connectivity index (χ0n) is 16.4. The first-order chi connectivity index (χ1) is 14.8. The molecule has 162 valence electrons. The number of halogens is 4. The van der Waals surface area contributed by atoms with Crippen LogP contribution in [0, 0.1) is 0 Å². The van der Waals surface area contributed by atoms with E-state index in [9.17, 15) is 18.0 Å². The van der Waals surface area contributed by atoms with Gasteiger partial charge in [-0.3, -0.25) is 4.79 Å². The fraction of sp³-hybridized carbons (Fsp3) is 0.318. The van der Waals surface area contributed by atoms with Gasteiger partial charge in [-0.2, -0.15) is 18.2 Å². The van der Waals surface area contributed by atoms with Gasteiger partial charge in [0.15, 0.2) is 0 Å². The van der Waals surface area contributed by atoms with Crippen molar-refractivity contribution in [2.45, 2.75) is 44.4 Å². The van der Waals surface area contributed by atoms with Crippen LogP contribution in [0.3, 0.4) is 0 Å². The summed E-state index contributed by atoms with van der Waals surface area (Å²) in [6.07, 6.45) is -2.12. The number of carbonyl (C=O) groups is 1. The van der Waals surface area contributed by atoms with Crippen LogP contribution in [0.5, 0.6) is 0 Å². The number of rotatable bonds is 7. The van der Waals surface area contributed by atoms with Crippen LogP contribution in [0.4, 0.5) is 13.2 Å². The standard InChI is InChI=1S/C22H19ClF3N3O2/c23-17-7-3-15(4-8-17)21-27-19(31-28-21)11-12-20(30)29(18-9-10-18)13-14-1-5-16(6-2-14)22(24,25)26/h1-8,18H,9-13H2. The van der Waals surface area contributed by atoms with Gasteiger partial charge in [0.25, 0.3) is 0 Å².